The molecule has 0 aliphatic heterocycles. The molecule has 15 aromatic rings. The van der Waals surface area contributed by atoms with Crippen molar-refractivity contribution < 1.29 is 29.6 Å². The fourth-order valence-electron chi connectivity index (χ4n) is 8.90. The summed E-state index contributed by atoms with van der Waals surface area (Å²) in [5, 5.41) is 12.1. The number of anilines is 3. The Balaban J connectivity index is 0.000000148. The molecule has 31 heteroatoms. The number of hydrogen-bond acceptors (Lipinski definition) is 22. The molecular formula is C63H58ClN26NaO3. The van der Waals surface area contributed by atoms with Crippen LogP contribution >= 0.6 is 11.6 Å². The van der Waals surface area contributed by atoms with Crippen LogP contribution in [0, 0.1) is 16.7 Å². The molecule has 0 amide bonds. The largest absolute Gasteiger partial charge is 1.00 e. The van der Waals surface area contributed by atoms with Gasteiger partial charge in [0.25, 0.3) is 12.2 Å². The van der Waals surface area contributed by atoms with Gasteiger partial charge in [-0.3, -0.25) is 14.2 Å². The molecule has 10 aromatic heterocycles. The SMILES string of the molecule is CN(C)c1nccnc1-c1nc2ccccc2[nH]1.CNC.Clc1nccnc1-c1nc2ccccc2[nH]1.Nc1nccnc1-c1nc2ccccc2[nH]1.O=N[O-].O=c1[nH]ccnc1-c1nc2ccccc2[nH]1.[C-]#[N+]Cn1c(-c2nccnc2N(C)C)nc2ccccc21.[Na+]. The molecule has 0 spiro atoms. The van der Waals surface area contributed by atoms with Gasteiger partial charge in [-0.2, -0.15) is 0 Å². The van der Waals surface area contributed by atoms with E-state index in [1.165, 1.54) is 12.4 Å². The standard InChI is InChI=1S/C15H14N6.C13H13N5.C11H7ClN4.C11H9N5.C11H8N4O.C2H7N.HNO2.Na/c1-16-10-21-12-7-5-4-6-11(12)19-15(21)13-14(20(2)3)18-9-8-17-13;1-18(2)13-11(14-7-8-15-13)12-16-9-5-3-4-6-10(9)17-12;2*12-10-9(13-5-6-14-10)11-15-7-3-1-2-4-8(7)16-11;16-11-9(12-5-6-13-11)10-14-7-3-1-2-4-8(7)15-10;1-3-2;2-1-3;/h4-9H,10H2,2-3H3;3-8H,1-2H3,(H,16,17);1-6H,(H,15,16);1-6H,(H2,12,14)(H,15,16);1-6H,(H,13,16)(H,14,15);3H,1-2H3;(H,2,3);/q;;;;;;;+1/p-1. The van der Waals surface area contributed by atoms with Crippen LogP contribution in [0.15, 0.2) is 193 Å². The Bertz CT molecular complexity index is 4790. The Labute approximate surface area is 562 Å². The van der Waals surface area contributed by atoms with Gasteiger partial charge in [-0.15, -0.1) is 5.34 Å². The Kier molecular flexibility index (Phi) is 24.1. The molecule has 10 heterocycles. The number of aromatic nitrogens is 20. The number of aromatic amines is 5. The van der Waals surface area contributed by atoms with Crippen LogP contribution in [0.5, 0.6) is 0 Å². The van der Waals surface area contributed by atoms with Crippen molar-refractivity contribution in [1.29, 1.82) is 0 Å². The van der Waals surface area contributed by atoms with Gasteiger partial charge in [-0.1, -0.05) is 72.3 Å². The zero-order valence-corrected chi connectivity index (χ0v) is 54.5. The van der Waals surface area contributed by atoms with Crippen molar-refractivity contribution in [1.82, 2.24) is 105 Å². The molecule has 29 nitrogen and oxygen atoms in total. The molecule has 0 radical (unpaired) electrons. The number of hydrogen-bond donors (Lipinski definition) is 7. The van der Waals surface area contributed by atoms with Crippen molar-refractivity contribution in [2.24, 2.45) is 5.34 Å². The molecule has 0 aliphatic carbocycles. The molecule has 0 atom stereocenters. The average Bonchev–Trinajstić information content (AvgIpc) is 1.65. The van der Waals surface area contributed by atoms with Crippen molar-refractivity contribution in [2.75, 3.05) is 57.8 Å². The summed E-state index contributed by atoms with van der Waals surface area (Å²) in [5.41, 5.74) is 17.5. The van der Waals surface area contributed by atoms with Gasteiger partial charge >= 0.3 is 29.6 Å². The molecule has 0 saturated heterocycles. The third-order valence-electron chi connectivity index (χ3n) is 12.8. The molecule has 0 aliphatic rings. The minimum absolute atomic E-state index is 0. The maximum atomic E-state index is 11.5. The van der Waals surface area contributed by atoms with E-state index in [2.05, 4.69) is 105 Å². The Morgan fingerprint density at radius 3 is 1.33 bits per heavy atom. The normalized spacial score (nSPS) is 10.2. The molecular weight excluding hydrogens is 1230 g/mol. The van der Waals surface area contributed by atoms with E-state index in [4.69, 9.17) is 34.0 Å². The maximum Gasteiger partial charge on any atom is 1.00 e. The summed E-state index contributed by atoms with van der Waals surface area (Å²) in [6.07, 6.45) is 16.0. The summed E-state index contributed by atoms with van der Waals surface area (Å²) in [4.78, 5) is 102. The van der Waals surface area contributed by atoms with Gasteiger partial charge < -0.3 is 55.9 Å². The Morgan fingerprint density at radius 2 is 0.883 bits per heavy atom. The van der Waals surface area contributed by atoms with Crippen LogP contribution in [0.1, 0.15) is 0 Å². The molecule has 15 rings (SSSR count). The number of nitrogen functional groups attached to an aromatic ring is 1. The fourth-order valence-corrected chi connectivity index (χ4v) is 9.10. The Morgan fingerprint density at radius 1 is 0.521 bits per heavy atom. The zero-order chi connectivity index (χ0) is 65.6. The second-order valence-corrected chi connectivity index (χ2v) is 20.0. The molecule has 5 aromatic carbocycles. The number of nitrogens with two attached hydrogens (primary N) is 1. The van der Waals surface area contributed by atoms with Crippen LogP contribution < -0.4 is 56.0 Å². The third kappa shape index (κ3) is 16.8. The molecule has 466 valence electrons. The number of nitrogens with one attached hydrogen (secondary N) is 6. The third-order valence-corrected chi connectivity index (χ3v) is 13.1. The van der Waals surface area contributed by atoms with E-state index in [0.29, 0.717) is 57.0 Å². The van der Waals surface area contributed by atoms with E-state index < -0.39 is 0 Å². The molecule has 0 unspecified atom stereocenters. The number of benzene rings is 5. The summed E-state index contributed by atoms with van der Waals surface area (Å²) in [7, 11) is 11.5. The summed E-state index contributed by atoms with van der Waals surface area (Å²) >= 11 is 5.95. The van der Waals surface area contributed by atoms with Crippen LogP contribution in [0.2, 0.25) is 5.15 Å². The number of fused-ring (bicyclic) bond motifs is 5. The van der Waals surface area contributed by atoms with Crippen LogP contribution in [0.4, 0.5) is 17.5 Å². The van der Waals surface area contributed by atoms with Crippen LogP contribution in [-0.4, -0.2) is 142 Å². The number of halogens is 1. The molecule has 0 fully saturated rings. The topological polar surface area (TPSA) is 383 Å². The van der Waals surface area contributed by atoms with Gasteiger partial charge in [0.2, 0.25) is 0 Å². The number of nitrogens with zero attached hydrogens (tertiary/aromatic N) is 19. The summed E-state index contributed by atoms with van der Waals surface area (Å²) in [6.45, 7) is 7.39. The van der Waals surface area contributed by atoms with Gasteiger partial charge in [0.05, 0.1) is 55.2 Å². The molecule has 8 N–H and O–H groups in total. The van der Waals surface area contributed by atoms with Crippen LogP contribution in [0.25, 0.3) is 118 Å². The van der Waals surface area contributed by atoms with Gasteiger partial charge in [-0.05, 0) is 74.8 Å². The minimum atomic E-state index is -0.249. The fraction of sp³-hybridized carbons (Fsp3) is 0.111. The van der Waals surface area contributed by atoms with Crippen molar-refractivity contribution in [3.05, 3.63) is 220 Å². The first kappa shape index (κ1) is 68.1. The van der Waals surface area contributed by atoms with Gasteiger partial charge in [0, 0.05) is 90.2 Å². The summed E-state index contributed by atoms with van der Waals surface area (Å²) < 4.78 is 1.87. The van der Waals surface area contributed by atoms with E-state index in [1.807, 2.05) is 178 Å². The minimum Gasteiger partial charge on any atom is -0.444 e. The first-order valence-electron chi connectivity index (χ1n) is 28.0. The predicted octanol–water partition coefficient (Wildman–Crippen LogP) is 7.20. The quantitative estimate of drug-likeness (QED) is 0.0342. The maximum absolute atomic E-state index is 11.5. The number of rotatable bonds is 8. The summed E-state index contributed by atoms with van der Waals surface area (Å²) in [5.74, 6) is 5.10. The monoisotopic (exact) mass is 1280 g/mol. The summed E-state index contributed by atoms with van der Waals surface area (Å²) in [6, 6.07) is 38.8. The van der Waals surface area contributed by atoms with Crippen LogP contribution in [0.3, 0.4) is 0 Å². The van der Waals surface area contributed by atoms with E-state index in [0.717, 1.165) is 83.7 Å². The van der Waals surface area contributed by atoms with E-state index in [9.17, 15) is 4.79 Å². The van der Waals surface area contributed by atoms with E-state index in [1.54, 1.807) is 49.6 Å². The predicted molar refractivity (Wildman–Crippen MR) is 361 cm³/mol. The number of imidazole rings is 5. The van der Waals surface area contributed by atoms with Crippen molar-refractivity contribution in [3.8, 4) is 57.6 Å². The van der Waals surface area contributed by atoms with Crippen molar-refractivity contribution in [3.63, 3.8) is 0 Å². The second-order valence-electron chi connectivity index (χ2n) is 19.6. The first-order chi connectivity index (χ1) is 45.3. The second kappa shape index (κ2) is 33.3. The Hall–Kier alpha value is -11.8. The van der Waals surface area contributed by atoms with E-state index in [-0.39, 0.29) is 41.8 Å². The molecule has 94 heavy (non-hydrogen) atoms. The van der Waals surface area contributed by atoms with Gasteiger partial charge in [-0.25, -0.2) is 76.3 Å². The smallest absolute Gasteiger partial charge is 0.444 e. The average molecular weight is 1290 g/mol. The van der Waals surface area contributed by atoms with Gasteiger partial charge in [0.15, 0.2) is 57.4 Å². The number of para-hydroxylation sites is 10. The van der Waals surface area contributed by atoms with Crippen molar-refractivity contribution >= 4 is 84.2 Å². The van der Waals surface area contributed by atoms with Gasteiger partial charge in [0.1, 0.15) is 22.8 Å². The van der Waals surface area contributed by atoms with Crippen molar-refractivity contribution in [2.45, 2.75) is 6.67 Å². The number of H-pyrrole nitrogens is 5. The molecule has 0 saturated carbocycles. The molecule has 0 bridgehead atoms. The first-order valence-corrected chi connectivity index (χ1v) is 28.4. The van der Waals surface area contributed by atoms with Crippen LogP contribution in [-0.2, 0) is 6.67 Å². The van der Waals surface area contributed by atoms with E-state index >= 15 is 0 Å². The zero-order valence-electron chi connectivity index (χ0n) is 51.7.